The average Bonchev–Trinajstić information content (AvgIpc) is 2.60. The van der Waals surface area contributed by atoms with Gasteiger partial charge in [-0.1, -0.05) is 29.8 Å². The molecule has 0 unspecified atom stereocenters. The monoisotopic (exact) mass is 378 g/mol. The van der Waals surface area contributed by atoms with Crippen LogP contribution < -0.4 is 10.7 Å². The fourth-order valence-electron chi connectivity index (χ4n) is 1.90. The molecule has 0 heterocycles. The molecule has 134 valence electrons. The lowest BCUT2D eigenvalue weighted by atomic mass is 10.2. The van der Waals surface area contributed by atoms with Crippen LogP contribution in [0.5, 0.6) is 0 Å². The second-order valence-corrected chi connectivity index (χ2v) is 5.33. The maximum Gasteiger partial charge on any atom is 0.270 e. The van der Waals surface area contributed by atoms with Gasteiger partial charge in [-0.15, -0.1) is 0 Å². The molecule has 0 aliphatic carbocycles. The minimum atomic E-state index is -0.842. The molecule has 0 aliphatic rings. The Balaban J connectivity index is 1.88. The molecule has 0 atom stereocenters. The summed E-state index contributed by atoms with van der Waals surface area (Å²) in [4.78, 5) is 33.6. The Labute approximate surface area is 151 Å². The minimum absolute atomic E-state index is 0.0772. The Kier molecular flexibility index (Phi) is 6.34. The number of nitrogens with zero attached hydrogens (tertiary/aromatic N) is 2. The molecule has 8 nitrogen and oxygen atoms in total. The average molecular weight is 379 g/mol. The number of hydrogen-bond donors (Lipinski definition) is 2. The van der Waals surface area contributed by atoms with E-state index in [1.165, 1.54) is 36.5 Å². The molecule has 2 aromatic carbocycles. The number of carbonyl (C=O) groups is 2. The van der Waals surface area contributed by atoms with Gasteiger partial charge in [-0.3, -0.25) is 19.7 Å². The summed E-state index contributed by atoms with van der Waals surface area (Å²) >= 11 is 5.75. The number of halogens is 2. The number of benzene rings is 2. The molecule has 0 aliphatic heterocycles. The van der Waals surface area contributed by atoms with E-state index in [2.05, 4.69) is 15.8 Å². The molecule has 0 saturated heterocycles. The highest BCUT2D eigenvalue weighted by molar-refractivity contribution is 6.33. The number of nitro groups is 1. The zero-order chi connectivity index (χ0) is 19.1. The number of amides is 2. The highest BCUT2D eigenvalue weighted by Gasteiger charge is 2.16. The van der Waals surface area contributed by atoms with Crippen LogP contribution in [0.25, 0.3) is 0 Å². The van der Waals surface area contributed by atoms with E-state index in [-0.39, 0.29) is 16.3 Å². The third kappa shape index (κ3) is 5.08. The third-order valence-electron chi connectivity index (χ3n) is 3.08. The standard InChI is InChI=1S/C16H12ClFN4O4/c17-12-5-2-6-13(18)15(12)16(24)19-9-14(23)21-20-8-10-3-1-4-11(7-10)22(25)26/h1-8H,9H2,(H,19,24)(H,21,23)/b20-8+. The van der Waals surface area contributed by atoms with Crippen LogP contribution in [0, 0.1) is 15.9 Å². The first kappa shape index (κ1) is 19.0. The van der Waals surface area contributed by atoms with Gasteiger partial charge in [0.2, 0.25) is 0 Å². The number of non-ortho nitro benzene ring substituents is 1. The van der Waals surface area contributed by atoms with Crippen molar-refractivity contribution in [3.8, 4) is 0 Å². The van der Waals surface area contributed by atoms with Crippen LogP contribution in [0.2, 0.25) is 5.02 Å². The lowest BCUT2D eigenvalue weighted by molar-refractivity contribution is -0.384. The van der Waals surface area contributed by atoms with Crippen molar-refractivity contribution >= 4 is 35.3 Å². The number of rotatable bonds is 6. The van der Waals surface area contributed by atoms with Crippen LogP contribution in [-0.4, -0.2) is 29.5 Å². The van der Waals surface area contributed by atoms with Crippen molar-refractivity contribution in [3.05, 3.63) is 74.5 Å². The maximum atomic E-state index is 13.6. The van der Waals surface area contributed by atoms with Crippen LogP contribution in [0.3, 0.4) is 0 Å². The van der Waals surface area contributed by atoms with Gasteiger partial charge in [0.05, 0.1) is 28.3 Å². The molecule has 2 N–H and O–H groups in total. The first-order chi connectivity index (χ1) is 12.4. The number of nitro benzene ring substituents is 1. The lowest BCUT2D eigenvalue weighted by Crippen LogP contribution is -2.35. The van der Waals surface area contributed by atoms with Gasteiger partial charge in [0.15, 0.2) is 0 Å². The zero-order valence-electron chi connectivity index (χ0n) is 13.1. The molecule has 2 aromatic rings. The van der Waals surface area contributed by atoms with Crippen molar-refractivity contribution in [2.24, 2.45) is 5.10 Å². The summed E-state index contributed by atoms with van der Waals surface area (Å²) in [6.07, 6.45) is 1.21. The van der Waals surface area contributed by atoms with Crippen LogP contribution in [0.4, 0.5) is 10.1 Å². The van der Waals surface area contributed by atoms with Crippen LogP contribution in [0.15, 0.2) is 47.6 Å². The molecular formula is C16H12ClFN4O4. The molecule has 2 amide bonds. The molecule has 0 fully saturated rings. The van der Waals surface area contributed by atoms with Crippen LogP contribution in [0.1, 0.15) is 15.9 Å². The summed E-state index contributed by atoms with van der Waals surface area (Å²) in [6, 6.07) is 9.40. The number of hydrogen-bond acceptors (Lipinski definition) is 5. The van der Waals surface area contributed by atoms with Gasteiger partial charge >= 0.3 is 0 Å². The van der Waals surface area contributed by atoms with E-state index in [9.17, 15) is 24.1 Å². The summed E-state index contributed by atoms with van der Waals surface area (Å²) < 4.78 is 13.6. The quantitative estimate of drug-likeness (QED) is 0.456. The molecule has 0 saturated carbocycles. The predicted molar refractivity (Wildman–Crippen MR) is 92.6 cm³/mol. The molecular weight excluding hydrogens is 367 g/mol. The van der Waals surface area contributed by atoms with Crippen LogP contribution in [-0.2, 0) is 4.79 Å². The first-order valence-corrected chi connectivity index (χ1v) is 7.55. The minimum Gasteiger partial charge on any atom is -0.343 e. The van der Waals surface area contributed by atoms with Crippen molar-refractivity contribution in [1.29, 1.82) is 0 Å². The lowest BCUT2D eigenvalue weighted by Gasteiger charge is -2.06. The fourth-order valence-corrected chi connectivity index (χ4v) is 2.15. The Morgan fingerprint density at radius 2 is 2.00 bits per heavy atom. The summed E-state index contributed by atoms with van der Waals surface area (Å²) in [7, 11) is 0. The van der Waals surface area contributed by atoms with Gasteiger partial charge in [0, 0.05) is 17.7 Å². The molecule has 0 spiro atoms. The molecule has 2 rings (SSSR count). The Morgan fingerprint density at radius 1 is 1.27 bits per heavy atom. The van der Waals surface area contributed by atoms with Crippen molar-refractivity contribution < 1.29 is 18.9 Å². The second kappa shape index (κ2) is 8.67. The molecule has 0 radical (unpaired) electrons. The molecule has 0 aromatic heterocycles. The molecule has 10 heteroatoms. The summed E-state index contributed by atoms with van der Waals surface area (Å²) in [5.74, 6) is -2.32. The summed E-state index contributed by atoms with van der Waals surface area (Å²) in [6.45, 7) is -0.463. The van der Waals surface area contributed by atoms with Gasteiger partial charge in [-0.05, 0) is 12.1 Å². The van der Waals surface area contributed by atoms with E-state index in [1.807, 2.05) is 0 Å². The van der Waals surface area contributed by atoms with E-state index in [1.54, 1.807) is 6.07 Å². The smallest absolute Gasteiger partial charge is 0.270 e. The van der Waals surface area contributed by atoms with E-state index < -0.39 is 29.1 Å². The van der Waals surface area contributed by atoms with Crippen molar-refractivity contribution in [3.63, 3.8) is 0 Å². The summed E-state index contributed by atoms with van der Waals surface area (Å²) in [5, 5.41) is 16.4. The van der Waals surface area contributed by atoms with Gasteiger partial charge in [-0.2, -0.15) is 5.10 Å². The SMILES string of the molecule is O=C(CNC(=O)c1c(F)cccc1Cl)N/N=C/c1cccc([N+](=O)[O-])c1. The van der Waals surface area contributed by atoms with Gasteiger partial charge < -0.3 is 5.32 Å². The van der Waals surface area contributed by atoms with Gasteiger partial charge in [0.1, 0.15) is 5.82 Å². The molecule has 0 bridgehead atoms. The predicted octanol–water partition coefficient (Wildman–Crippen LogP) is 2.27. The first-order valence-electron chi connectivity index (χ1n) is 7.17. The summed E-state index contributed by atoms with van der Waals surface area (Å²) in [5.41, 5.74) is 2.06. The fraction of sp³-hybridized carbons (Fsp3) is 0.0625. The Hall–Kier alpha value is -3.33. The Morgan fingerprint density at radius 3 is 2.69 bits per heavy atom. The van der Waals surface area contributed by atoms with Gasteiger partial charge in [0.25, 0.3) is 17.5 Å². The van der Waals surface area contributed by atoms with E-state index in [4.69, 9.17) is 11.6 Å². The third-order valence-corrected chi connectivity index (χ3v) is 3.40. The van der Waals surface area contributed by atoms with E-state index in [0.717, 1.165) is 6.07 Å². The van der Waals surface area contributed by atoms with E-state index in [0.29, 0.717) is 5.56 Å². The van der Waals surface area contributed by atoms with E-state index >= 15 is 0 Å². The second-order valence-electron chi connectivity index (χ2n) is 4.92. The maximum absolute atomic E-state index is 13.6. The topological polar surface area (TPSA) is 114 Å². The number of nitrogens with one attached hydrogen (secondary N) is 2. The van der Waals surface area contributed by atoms with Crippen LogP contribution >= 0.6 is 11.6 Å². The highest BCUT2D eigenvalue weighted by Crippen LogP contribution is 2.18. The highest BCUT2D eigenvalue weighted by atomic mass is 35.5. The largest absolute Gasteiger partial charge is 0.343 e. The van der Waals surface area contributed by atoms with Crippen molar-refractivity contribution in [1.82, 2.24) is 10.7 Å². The number of carbonyl (C=O) groups excluding carboxylic acids is 2. The normalized spacial score (nSPS) is 10.5. The number of hydrazone groups is 1. The zero-order valence-corrected chi connectivity index (χ0v) is 13.9. The molecule has 26 heavy (non-hydrogen) atoms. The Bertz CT molecular complexity index is 868. The van der Waals surface area contributed by atoms with Gasteiger partial charge in [-0.25, -0.2) is 9.82 Å². The van der Waals surface area contributed by atoms with Crippen molar-refractivity contribution in [2.45, 2.75) is 0 Å². The van der Waals surface area contributed by atoms with Crippen molar-refractivity contribution in [2.75, 3.05) is 6.54 Å².